The van der Waals surface area contributed by atoms with Gasteiger partial charge >= 0.3 is 0 Å². The molecule has 1 aliphatic carbocycles. The largest absolute Gasteiger partial charge is 0.314 e. The van der Waals surface area contributed by atoms with Gasteiger partial charge in [0.25, 0.3) is 0 Å². The van der Waals surface area contributed by atoms with Crippen molar-refractivity contribution in [1.82, 2.24) is 5.32 Å². The van der Waals surface area contributed by atoms with Gasteiger partial charge < -0.3 is 5.32 Å². The molecule has 1 aliphatic rings. The van der Waals surface area contributed by atoms with Gasteiger partial charge in [0.2, 0.25) is 0 Å². The molecule has 2 rings (SSSR count). The van der Waals surface area contributed by atoms with E-state index in [1.165, 1.54) is 50.3 Å². The van der Waals surface area contributed by atoms with Crippen molar-refractivity contribution >= 4 is 0 Å². The van der Waals surface area contributed by atoms with Crippen molar-refractivity contribution in [2.75, 3.05) is 6.54 Å². The predicted octanol–water partition coefficient (Wildman–Crippen LogP) is 4.46. The Hall–Kier alpha value is -0.960. The Morgan fingerprint density at radius 1 is 1.25 bits per heavy atom. The Kier molecular flexibility index (Phi) is 5.96. The maximum Gasteiger partial charge on any atom is 0.126 e. The van der Waals surface area contributed by atoms with E-state index in [-0.39, 0.29) is 17.7 Å². The van der Waals surface area contributed by atoms with E-state index in [4.69, 9.17) is 0 Å². The van der Waals surface area contributed by atoms with E-state index < -0.39 is 0 Å². The Balaban J connectivity index is 1.91. The van der Waals surface area contributed by atoms with E-state index in [9.17, 15) is 8.78 Å². The average molecular weight is 281 g/mol. The molecular weight excluding hydrogens is 256 g/mol. The van der Waals surface area contributed by atoms with Crippen LogP contribution in [0.25, 0.3) is 0 Å². The molecule has 0 heterocycles. The lowest BCUT2D eigenvalue weighted by atomic mass is 9.95. The molecule has 20 heavy (non-hydrogen) atoms. The summed E-state index contributed by atoms with van der Waals surface area (Å²) in [7, 11) is 0. The highest BCUT2D eigenvalue weighted by Crippen LogP contribution is 2.29. The molecule has 0 aliphatic heterocycles. The number of likely N-dealkylation sites (N-methyl/N-ethyl adjacent to an activating group) is 1. The fraction of sp³-hybridized carbons (Fsp3) is 0.647. The third kappa shape index (κ3) is 4.55. The molecule has 0 bridgehead atoms. The lowest BCUT2D eigenvalue weighted by Crippen LogP contribution is -2.31. The van der Waals surface area contributed by atoms with Crippen LogP contribution in [0, 0.1) is 17.6 Å². The number of halogens is 2. The molecule has 1 aromatic carbocycles. The zero-order valence-electron chi connectivity index (χ0n) is 12.3. The average Bonchev–Trinajstić information content (AvgIpc) is 2.93. The van der Waals surface area contributed by atoms with Gasteiger partial charge in [0, 0.05) is 6.04 Å². The standard InChI is InChI=1S/C17H25F2N/c1-2-20-16(9-7-13-5-3-4-6-13)12-14-11-15(18)8-10-17(14)19/h8,10-11,13,16,20H,2-7,9,12H2,1H3. The number of nitrogens with one attached hydrogen (secondary N) is 1. The molecule has 1 saturated carbocycles. The van der Waals surface area contributed by atoms with Crippen molar-refractivity contribution in [1.29, 1.82) is 0 Å². The monoisotopic (exact) mass is 281 g/mol. The van der Waals surface area contributed by atoms with Gasteiger partial charge in [0.05, 0.1) is 0 Å². The van der Waals surface area contributed by atoms with Gasteiger partial charge in [0.15, 0.2) is 0 Å². The number of rotatable bonds is 7. The highest BCUT2D eigenvalue weighted by Gasteiger charge is 2.18. The van der Waals surface area contributed by atoms with Crippen LogP contribution in [0.4, 0.5) is 8.78 Å². The van der Waals surface area contributed by atoms with Gasteiger partial charge in [-0.05, 0) is 55.5 Å². The van der Waals surface area contributed by atoms with Crippen LogP contribution in [0.2, 0.25) is 0 Å². The van der Waals surface area contributed by atoms with Crippen molar-refractivity contribution in [3.05, 3.63) is 35.4 Å². The van der Waals surface area contributed by atoms with Crippen molar-refractivity contribution in [3.8, 4) is 0 Å². The summed E-state index contributed by atoms with van der Waals surface area (Å²) in [5.74, 6) is 0.191. The van der Waals surface area contributed by atoms with Crippen molar-refractivity contribution < 1.29 is 8.78 Å². The SMILES string of the molecule is CCNC(CCC1CCCC1)Cc1cc(F)ccc1F. The quantitative estimate of drug-likeness (QED) is 0.778. The summed E-state index contributed by atoms with van der Waals surface area (Å²) in [4.78, 5) is 0. The highest BCUT2D eigenvalue weighted by molar-refractivity contribution is 5.19. The van der Waals surface area contributed by atoms with Gasteiger partial charge in [-0.25, -0.2) is 8.78 Å². The molecule has 0 aromatic heterocycles. The molecule has 112 valence electrons. The molecule has 1 unspecified atom stereocenters. The van der Waals surface area contributed by atoms with E-state index in [1.807, 2.05) is 0 Å². The lowest BCUT2D eigenvalue weighted by molar-refractivity contribution is 0.403. The molecule has 1 nitrogen and oxygen atoms in total. The number of benzene rings is 1. The van der Waals surface area contributed by atoms with Crippen molar-refractivity contribution in [2.24, 2.45) is 5.92 Å². The summed E-state index contributed by atoms with van der Waals surface area (Å²) in [5, 5.41) is 3.41. The van der Waals surface area contributed by atoms with Crippen LogP contribution in [0.15, 0.2) is 18.2 Å². The topological polar surface area (TPSA) is 12.0 Å². The predicted molar refractivity (Wildman–Crippen MR) is 78.7 cm³/mol. The summed E-state index contributed by atoms with van der Waals surface area (Å²) >= 11 is 0. The second-order valence-corrected chi connectivity index (χ2v) is 5.92. The molecule has 0 amide bonds. The van der Waals surface area contributed by atoms with Crippen LogP contribution in [0.5, 0.6) is 0 Å². The van der Waals surface area contributed by atoms with Crippen molar-refractivity contribution in [2.45, 2.75) is 57.9 Å². The van der Waals surface area contributed by atoms with E-state index in [2.05, 4.69) is 12.2 Å². The van der Waals surface area contributed by atoms with Crippen LogP contribution in [-0.4, -0.2) is 12.6 Å². The first-order chi connectivity index (χ1) is 9.69. The molecule has 0 saturated heterocycles. The third-order valence-electron chi connectivity index (χ3n) is 4.36. The zero-order valence-corrected chi connectivity index (χ0v) is 12.3. The van der Waals surface area contributed by atoms with Crippen LogP contribution in [0.1, 0.15) is 51.0 Å². The first-order valence-corrected chi connectivity index (χ1v) is 7.86. The Morgan fingerprint density at radius 3 is 2.70 bits per heavy atom. The summed E-state index contributed by atoms with van der Waals surface area (Å²) in [6.07, 6.45) is 8.22. The Labute approximate surface area is 120 Å². The minimum atomic E-state index is -0.354. The van der Waals surface area contributed by atoms with Gasteiger partial charge in [-0.2, -0.15) is 0 Å². The first-order valence-electron chi connectivity index (χ1n) is 7.86. The van der Waals surface area contributed by atoms with Gasteiger partial charge in [-0.3, -0.25) is 0 Å². The van der Waals surface area contributed by atoms with Crippen LogP contribution in [-0.2, 0) is 6.42 Å². The first kappa shape index (κ1) is 15.4. The van der Waals surface area contributed by atoms with Crippen LogP contribution < -0.4 is 5.32 Å². The van der Waals surface area contributed by atoms with Crippen molar-refractivity contribution in [3.63, 3.8) is 0 Å². The minimum absolute atomic E-state index is 0.247. The van der Waals surface area contributed by atoms with E-state index in [0.29, 0.717) is 12.0 Å². The molecule has 3 heteroatoms. The summed E-state index contributed by atoms with van der Waals surface area (Å²) < 4.78 is 26.9. The van der Waals surface area contributed by atoms with E-state index >= 15 is 0 Å². The molecule has 0 spiro atoms. The third-order valence-corrected chi connectivity index (χ3v) is 4.36. The second-order valence-electron chi connectivity index (χ2n) is 5.92. The fourth-order valence-corrected chi connectivity index (χ4v) is 3.27. The maximum atomic E-state index is 13.7. The van der Waals surface area contributed by atoms with E-state index in [1.54, 1.807) is 0 Å². The summed E-state index contributed by atoms with van der Waals surface area (Å²) in [6, 6.07) is 3.98. The second kappa shape index (κ2) is 7.72. The van der Waals surface area contributed by atoms with Crippen LogP contribution >= 0.6 is 0 Å². The number of hydrogen-bond acceptors (Lipinski definition) is 1. The molecule has 1 N–H and O–H groups in total. The van der Waals surface area contributed by atoms with Gasteiger partial charge in [-0.15, -0.1) is 0 Å². The fourth-order valence-electron chi connectivity index (χ4n) is 3.27. The summed E-state index contributed by atoms with van der Waals surface area (Å²) in [5.41, 5.74) is 0.488. The molecule has 0 radical (unpaired) electrons. The lowest BCUT2D eigenvalue weighted by Gasteiger charge is -2.20. The molecule has 1 aromatic rings. The zero-order chi connectivity index (χ0) is 14.4. The molecular formula is C17H25F2N. The normalized spacial score (nSPS) is 17.6. The maximum absolute atomic E-state index is 13.7. The summed E-state index contributed by atoms with van der Waals surface area (Å²) in [6.45, 7) is 2.93. The Morgan fingerprint density at radius 2 is 2.00 bits per heavy atom. The van der Waals surface area contributed by atoms with E-state index in [0.717, 1.165) is 18.9 Å². The van der Waals surface area contributed by atoms with Crippen LogP contribution in [0.3, 0.4) is 0 Å². The molecule has 1 fully saturated rings. The highest BCUT2D eigenvalue weighted by atomic mass is 19.1. The Bertz CT molecular complexity index is 413. The van der Waals surface area contributed by atoms with Gasteiger partial charge in [0.1, 0.15) is 11.6 Å². The number of hydrogen-bond donors (Lipinski definition) is 1. The minimum Gasteiger partial charge on any atom is -0.314 e. The van der Waals surface area contributed by atoms with Gasteiger partial charge in [-0.1, -0.05) is 32.6 Å². The smallest absolute Gasteiger partial charge is 0.126 e. The molecule has 1 atom stereocenters.